The number of nitrogens with one attached hydrogen (secondary N) is 1. The van der Waals surface area contributed by atoms with Gasteiger partial charge in [0.05, 0.1) is 17.0 Å². The number of rotatable bonds is 18. The summed E-state index contributed by atoms with van der Waals surface area (Å²) in [5.74, 6) is 0.867. The summed E-state index contributed by atoms with van der Waals surface area (Å²) in [5.41, 5.74) is 0.877. The van der Waals surface area contributed by atoms with E-state index in [1.165, 1.54) is 0 Å². The lowest BCUT2D eigenvalue weighted by Crippen LogP contribution is -2.46. The third-order valence-corrected chi connectivity index (χ3v) is 6.77. The Morgan fingerprint density at radius 3 is 1.94 bits per heavy atom. The summed E-state index contributed by atoms with van der Waals surface area (Å²) >= 11 is 0. The number of carbonyl (C=O) groups is 2. The summed E-state index contributed by atoms with van der Waals surface area (Å²) in [6, 6.07) is 0. The maximum absolute atomic E-state index is 12.1. The molecule has 0 fully saturated rings. The first-order valence-electron chi connectivity index (χ1n) is 12.0. The van der Waals surface area contributed by atoms with Crippen molar-refractivity contribution in [3.63, 3.8) is 0 Å². The van der Waals surface area contributed by atoms with Crippen LogP contribution < -0.4 is 5.32 Å². The Morgan fingerprint density at radius 2 is 1.38 bits per heavy atom. The zero-order chi connectivity index (χ0) is 24.8. The van der Waals surface area contributed by atoms with Crippen molar-refractivity contribution in [2.24, 2.45) is 21.6 Å². The molecule has 0 bridgehead atoms. The van der Waals surface area contributed by atoms with Crippen molar-refractivity contribution in [1.29, 1.82) is 0 Å². The molecule has 186 valence electrons. The smallest absolute Gasteiger partial charge is 0.132 e. The second-order valence-corrected chi connectivity index (χ2v) is 10.3. The molecule has 3 N–H and O–H groups in total. The lowest BCUT2D eigenvalue weighted by Gasteiger charge is -2.28. The number of oxime groups is 2. The standard InChI is InChI=1S/C25H47N3O4/c1-19(29)11-8-14-23(30)15-9-12-22(13-10-17-24(4,5)20(2)27-31)16-18-26-25(6,7)21(3)28-32/h22,26,31-32H,8-18H2,1-7H3/b27-20-,28-21-. The van der Waals surface area contributed by atoms with Crippen LogP contribution in [0.3, 0.4) is 0 Å². The predicted molar refractivity (Wildman–Crippen MR) is 131 cm³/mol. The number of hydrogen-bond donors (Lipinski definition) is 3. The number of ketones is 2. The highest BCUT2D eigenvalue weighted by Crippen LogP contribution is 2.28. The number of hydrogen-bond acceptors (Lipinski definition) is 7. The Hall–Kier alpha value is -1.76. The zero-order valence-corrected chi connectivity index (χ0v) is 21.5. The molecule has 1 unspecified atom stereocenters. The number of Topliss-reactive ketones (excluding diaryl/α,β-unsaturated/α-hetero) is 2. The van der Waals surface area contributed by atoms with Gasteiger partial charge in [-0.2, -0.15) is 0 Å². The van der Waals surface area contributed by atoms with Gasteiger partial charge in [-0.1, -0.05) is 37.0 Å². The largest absolute Gasteiger partial charge is 0.411 e. The van der Waals surface area contributed by atoms with E-state index in [-0.39, 0.29) is 22.5 Å². The topological polar surface area (TPSA) is 111 Å². The molecule has 0 aliphatic carbocycles. The summed E-state index contributed by atoms with van der Waals surface area (Å²) in [6.07, 6.45) is 8.06. The van der Waals surface area contributed by atoms with Crippen LogP contribution in [0.25, 0.3) is 0 Å². The molecule has 0 saturated heterocycles. The van der Waals surface area contributed by atoms with E-state index < -0.39 is 0 Å². The average molecular weight is 454 g/mol. The highest BCUT2D eigenvalue weighted by Gasteiger charge is 2.24. The molecule has 0 radical (unpaired) electrons. The second-order valence-electron chi connectivity index (χ2n) is 10.3. The van der Waals surface area contributed by atoms with Gasteiger partial charge in [0.25, 0.3) is 0 Å². The van der Waals surface area contributed by atoms with Gasteiger partial charge in [0.2, 0.25) is 0 Å². The summed E-state index contributed by atoms with van der Waals surface area (Å²) in [5, 5.41) is 28.3. The third kappa shape index (κ3) is 12.9. The molecule has 0 aliphatic rings. The van der Waals surface area contributed by atoms with Crippen molar-refractivity contribution in [3.05, 3.63) is 0 Å². The Balaban J connectivity index is 4.71. The van der Waals surface area contributed by atoms with E-state index in [9.17, 15) is 9.59 Å². The fraction of sp³-hybridized carbons (Fsp3) is 0.840. The van der Waals surface area contributed by atoms with Crippen molar-refractivity contribution in [3.8, 4) is 0 Å². The first-order valence-corrected chi connectivity index (χ1v) is 12.0. The van der Waals surface area contributed by atoms with Crippen molar-refractivity contribution in [2.45, 2.75) is 118 Å². The second kappa shape index (κ2) is 15.1. The summed E-state index contributed by atoms with van der Waals surface area (Å²) < 4.78 is 0. The van der Waals surface area contributed by atoms with Crippen LogP contribution in [0.1, 0.15) is 113 Å². The number of nitrogens with zero attached hydrogens (tertiary/aromatic N) is 2. The predicted octanol–water partition coefficient (Wildman–Crippen LogP) is 5.76. The van der Waals surface area contributed by atoms with Crippen molar-refractivity contribution >= 4 is 23.0 Å². The molecule has 0 aromatic heterocycles. The van der Waals surface area contributed by atoms with Crippen LogP contribution in [0.15, 0.2) is 10.3 Å². The number of carbonyl (C=O) groups excluding carboxylic acids is 2. The molecule has 7 nitrogen and oxygen atoms in total. The molecule has 0 aliphatic heterocycles. The maximum Gasteiger partial charge on any atom is 0.132 e. The lowest BCUT2D eigenvalue weighted by molar-refractivity contribution is -0.119. The molecule has 0 heterocycles. The van der Waals surface area contributed by atoms with Crippen LogP contribution in [-0.4, -0.2) is 45.5 Å². The summed E-state index contributed by atoms with van der Waals surface area (Å²) in [6.45, 7) is 14.2. The summed E-state index contributed by atoms with van der Waals surface area (Å²) in [4.78, 5) is 23.1. The van der Waals surface area contributed by atoms with E-state index in [2.05, 4.69) is 29.5 Å². The van der Waals surface area contributed by atoms with Gasteiger partial charge in [-0.15, -0.1) is 0 Å². The van der Waals surface area contributed by atoms with Crippen molar-refractivity contribution < 1.29 is 20.0 Å². The lowest BCUT2D eigenvalue weighted by atomic mass is 9.81. The highest BCUT2D eigenvalue weighted by atomic mass is 16.4. The van der Waals surface area contributed by atoms with Crippen LogP contribution >= 0.6 is 0 Å². The molecule has 0 aromatic rings. The molecule has 0 saturated carbocycles. The fourth-order valence-corrected chi connectivity index (χ4v) is 3.67. The highest BCUT2D eigenvalue weighted by molar-refractivity contribution is 5.90. The fourth-order valence-electron chi connectivity index (χ4n) is 3.67. The van der Waals surface area contributed by atoms with E-state index >= 15 is 0 Å². The molecular formula is C25H47N3O4. The maximum atomic E-state index is 12.1. The van der Waals surface area contributed by atoms with Gasteiger partial charge in [0.1, 0.15) is 11.6 Å². The molecule has 0 aromatic carbocycles. The first kappa shape index (κ1) is 30.2. The van der Waals surface area contributed by atoms with Gasteiger partial charge < -0.3 is 20.5 Å². The van der Waals surface area contributed by atoms with Crippen LogP contribution in [-0.2, 0) is 9.59 Å². The Morgan fingerprint density at radius 1 is 0.812 bits per heavy atom. The van der Waals surface area contributed by atoms with Gasteiger partial charge >= 0.3 is 0 Å². The summed E-state index contributed by atoms with van der Waals surface area (Å²) in [7, 11) is 0. The Bertz CT molecular complexity index is 603. The molecule has 1 atom stereocenters. The zero-order valence-electron chi connectivity index (χ0n) is 21.5. The first-order chi connectivity index (χ1) is 14.9. The van der Waals surface area contributed by atoms with Gasteiger partial charge in [0.15, 0.2) is 0 Å². The monoisotopic (exact) mass is 453 g/mol. The van der Waals surface area contributed by atoms with Crippen LogP contribution in [0.5, 0.6) is 0 Å². The van der Waals surface area contributed by atoms with Crippen molar-refractivity contribution in [2.75, 3.05) is 6.54 Å². The van der Waals surface area contributed by atoms with E-state index in [4.69, 9.17) is 10.4 Å². The molecule has 32 heavy (non-hydrogen) atoms. The van der Waals surface area contributed by atoms with Crippen molar-refractivity contribution in [1.82, 2.24) is 5.32 Å². The minimum absolute atomic E-state index is 0.138. The average Bonchev–Trinajstić information content (AvgIpc) is 2.71. The Kier molecular flexibility index (Phi) is 14.3. The van der Waals surface area contributed by atoms with Crippen LogP contribution in [0, 0.1) is 11.3 Å². The van der Waals surface area contributed by atoms with E-state index in [0.717, 1.165) is 50.8 Å². The quantitative estimate of drug-likeness (QED) is 0.139. The minimum atomic E-state index is -0.372. The van der Waals surface area contributed by atoms with Gasteiger partial charge in [0, 0.05) is 24.7 Å². The van der Waals surface area contributed by atoms with Crippen LogP contribution in [0.2, 0.25) is 0 Å². The van der Waals surface area contributed by atoms with Gasteiger partial charge in [-0.05, 0) is 79.2 Å². The van der Waals surface area contributed by atoms with E-state index in [1.807, 2.05) is 20.8 Å². The molecule has 7 heteroatoms. The van der Waals surface area contributed by atoms with E-state index in [0.29, 0.717) is 37.3 Å². The van der Waals surface area contributed by atoms with Gasteiger partial charge in [-0.25, -0.2) is 0 Å². The minimum Gasteiger partial charge on any atom is -0.411 e. The Labute approximate surface area is 195 Å². The van der Waals surface area contributed by atoms with Gasteiger partial charge in [-0.3, -0.25) is 4.79 Å². The molecular weight excluding hydrogens is 406 g/mol. The third-order valence-electron chi connectivity index (χ3n) is 6.77. The molecule has 0 spiro atoms. The molecule has 0 amide bonds. The van der Waals surface area contributed by atoms with E-state index in [1.54, 1.807) is 13.8 Å². The SMILES string of the molecule is CC(=O)CCCC(=O)CCCC(CCCC(C)(C)/C(C)=N\O)CCNC(C)(C)/C(C)=N\O. The van der Waals surface area contributed by atoms with Crippen LogP contribution in [0.4, 0.5) is 0 Å². The normalized spacial score (nSPS) is 14.5. The molecule has 0 rings (SSSR count).